The van der Waals surface area contributed by atoms with E-state index in [4.69, 9.17) is 0 Å². The van der Waals surface area contributed by atoms with Gasteiger partial charge in [0.25, 0.3) is 5.82 Å². The van der Waals surface area contributed by atoms with Crippen LogP contribution in [0.5, 0.6) is 0 Å². The summed E-state index contributed by atoms with van der Waals surface area (Å²) in [5.74, 6) is -0.235. The van der Waals surface area contributed by atoms with Gasteiger partial charge in [-0.2, -0.15) is 0 Å². The van der Waals surface area contributed by atoms with Crippen LogP contribution in [0.1, 0.15) is 51.8 Å². The fourth-order valence-corrected chi connectivity index (χ4v) is 2.30. The molecular formula is C15H26N2O2. The highest BCUT2D eigenvalue weighted by molar-refractivity contribution is 5.66. The lowest BCUT2D eigenvalue weighted by Crippen LogP contribution is -2.35. The van der Waals surface area contributed by atoms with Gasteiger partial charge < -0.3 is 9.90 Å². The summed E-state index contributed by atoms with van der Waals surface area (Å²) in [7, 11) is 2.02. The summed E-state index contributed by atoms with van der Waals surface area (Å²) in [5, 5.41) is 10.8. The lowest BCUT2D eigenvalue weighted by molar-refractivity contribution is -0.678. The first kappa shape index (κ1) is 15.7. The Morgan fingerprint density at radius 2 is 2.05 bits per heavy atom. The van der Waals surface area contributed by atoms with Gasteiger partial charge in [-0.3, -0.25) is 0 Å². The first-order valence-electron chi connectivity index (χ1n) is 7.30. The van der Waals surface area contributed by atoms with Gasteiger partial charge in [0.15, 0.2) is 0 Å². The third kappa shape index (κ3) is 5.05. The zero-order valence-electron chi connectivity index (χ0n) is 12.4. The number of carboxylic acid groups (broad SMARTS) is 1. The molecule has 1 atom stereocenters. The lowest BCUT2D eigenvalue weighted by Gasteiger charge is -2.11. The summed E-state index contributed by atoms with van der Waals surface area (Å²) >= 11 is 0. The fraction of sp³-hybridized carbons (Fsp3) is 0.733. The van der Waals surface area contributed by atoms with Crippen LogP contribution < -0.4 is 9.67 Å². The van der Waals surface area contributed by atoms with Crippen molar-refractivity contribution in [2.45, 2.75) is 58.9 Å². The maximum Gasteiger partial charge on any atom is 0.256 e. The second-order valence-electron chi connectivity index (χ2n) is 5.36. The Kier molecular flexibility index (Phi) is 6.60. The van der Waals surface area contributed by atoms with Crippen molar-refractivity contribution in [3.8, 4) is 0 Å². The summed E-state index contributed by atoms with van der Waals surface area (Å²) in [6, 6.07) is 0. The number of carboxylic acids is 1. The molecule has 0 spiro atoms. The van der Waals surface area contributed by atoms with Gasteiger partial charge in [0.1, 0.15) is 12.4 Å². The molecule has 1 aromatic heterocycles. The van der Waals surface area contributed by atoms with Crippen molar-refractivity contribution >= 4 is 5.97 Å². The largest absolute Gasteiger partial charge is 0.550 e. The van der Waals surface area contributed by atoms with E-state index >= 15 is 0 Å². The molecule has 1 rings (SSSR count). The Morgan fingerprint density at radius 3 is 2.68 bits per heavy atom. The van der Waals surface area contributed by atoms with Crippen LogP contribution >= 0.6 is 0 Å². The van der Waals surface area contributed by atoms with Crippen molar-refractivity contribution in [1.29, 1.82) is 0 Å². The molecule has 4 heteroatoms. The predicted octanol–water partition coefficient (Wildman–Crippen LogP) is 1.21. The molecule has 0 amide bonds. The molecular weight excluding hydrogens is 240 g/mol. The second kappa shape index (κ2) is 7.97. The van der Waals surface area contributed by atoms with Gasteiger partial charge in [-0.15, -0.1) is 0 Å². The van der Waals surface area contributed by atoms with Crippen molar-refractivity contribution in [3.05, 3.63) is 18.2 Å². The molecule has 0 aliphatic carbocycles. The smallest absolute Gasteiger partial charge is 0.256 e. The third-order valence-corrected chi connectivity index (χ3v) is 3.59. The van der Waals surface area contributed by atoms with Gasteiger partial charge in [0.05, 0.1) is 13.6 Å². The molecule has 0 radical (unpaired) electrons. The number of imidazole rings is 1. The maximum atomic E-state index is 10.8. The molecule has 0 aliphatic rings. The number of carbonyl (C=O) groups is 1. The normalized spacial score (nSPS) is 12.6. The van der Waals surface area contributed by atoms with E-state index in [0.717, 1.165) is 12.8 Å². The molecule has 1 unspecified atom stereocenters. The summed E-state index contributed by atoms with van der Waals surface area (Å²) in [5.41, 5.74) is 0. The minimum absolute atomic E-state index is 0.453. The molecule has 0 fully saturated rings. The molecule has 19 heavy (non-hydrogen) atoms. The van der Waals surface area contributed by atoms with Crippen LogP contribution in [0, 0.1) is 5.92 Å². The molecule has 4 nitrogen and oxygen atoms in total. The number of aliphatic carboxylic acids is 1. The van der Waals surface area contributed by atoms with Crippen LogP contribution in [0.2, 0.25) is 0 Å². The number of nitrogens with zero attached hydrogens (tertiary/aromatic N) is 2. The summed E-state index contributed by atoms with van der Waals surface area (Å²) in [4.78, 5) is 10.8. The monoisotopic (exact) mass is 266 g/mol. The average molecular weight is 266 g/mol. The van der Waals surface area contributed by atoms with E-state index in [1.807, 2.05) is 24.0 Å². The summed E-state index contributed by atoms with van der Waals surface area (Å²) in [6.07, 6.45) is 11.2. The first-order valence-corrected chi connectivity index (χ1v) is 7.30. The van der Waals surface area contributed by atoms with Gasteiger partial charge in [0.2, 0.25) is 0 Å². The first-order chi connectivity index (χ1) is 9.06. The molecule has 0 bridgehead atoms. The van der Waals surface area contributed by atoms with Crippen LogP contribution in [-0.4, -0.2) is 10.5 Å². The van der Waals surface area contributed by atoms with E-state index in [2.05, 4.69) is 11.5 Å². The number of unbranched alkanes of at least 4 members (excludes halogenated alkanes) is 4. The summed E-state index contributed by atoms with van der Waals surface area (Å²) < 4.78 is 4.13. The highest BCUT2D eigenvalue weighted by Gasteiger charge is 2.16. The number of aryl methyl sites for hydroxylation is 1. The van der Waals surface area contributed by atoms with Gasteiger partial charge in [-0.25, -0.2) is 9.13 Å². The number of carbonyl (C=O) groups excluding carboxylic acids is 1. The van der Waals surface area contributed by atoms with Crippen molar-refractivity contribution in [2.24, 2.45) is 13.0 Å². The van der Waals surface area contributed by atoms with Crippen LogP contribution in [0.15, 0.2) is 12.4 Å². The zero-order valence-corrected chi connectivity index (χ0v) is 12.4. The molecule has 108 valence electrons. The molecule has 0 N–H and O–H groups in total. The molecule has 0 aliphatic heterocycles. The van der Waals surface area contributed by atoms with Crippen molar-refractivity contribution in [3.63, 3.8) is 0 Å². The Balaban J connectivity index is 2.52. The van der Waals surface area contributed by atoms with E-state index in [9.17, 15) is 9.90 Å². The molecule has 0 saturated carbocycles. The Hall–Kier alpha value is -1.32. The topological polar surface area (TPSA) is 48.9 Å². The van der Waals surface area contributed by atoms with Crippen molar-refractivity contribution in [1.82, 2.24) is 4.57 Å². The van der Waals surface area contributed by atoms with Crippen molar-refractivity contribution in [2.75, 3.05) is 0 Å². The number of aromatic nitrogens is 2. The van der Waals surface area contributed by atoms with Crippen LogP contribution in [0.3, 0.4) is 0 Å². The highest BCUT2D eigenvalue weighted by Crippen LogP contribution is 2.09. The number of hydrogen-bond acceptors (Lipinski definition) is 2. The van der Waals surface area contributed by atoms with Crippen LogP contribution in [0.4, 0.5) is 0 Å². The SMILES string of the molecule is CCCCCCCc1n(CC(C)C(=O)[O-])cc[n+]1C. The van der Waals surface area contributed by atoms with E-state index < -0.39 is 11.9 Å². The number of hydrogen-bond donors (Lipinski definition) is 0. The average Bonchev–Trinajstić information content (AvgIpc) is 2.70. The summed E-state index contributed by atoms with van der Waals surface area (Å²) in [6.45, 7) is 4.40. The molecule has 1 heterocycles. The minimum Gasteiger partial charge on any atom is -0.550 e. The molecule has 1 aromatic rings. The van der Waals surface area contributed by atoms with Gasteiger partial charge >= 0.3 is 0 Å². The molecule has 0 aromatic carbocycles. The lowest BCUT2D eigenvalue weighted by atomic mass is 10.1. The maximum absolute atomic E-state index is 10.8. The third-order valence-electron chi connectivity index (χ3n) is 3.59. The van der Waals surface area contributed by atoms with Gasteiger partial charge in [0, 0.05) is 18.3 Å². The van der Waals surface area contributed by atoms with Crippen molar-refractivity contribution < 1.29 is 14.5 Å². The van der Waals surface area contributed by atoms with E-state index in [1.54, 1.807) is 6.92 Å². The standard InChI is InChI=1S/C15H26N2O2/c1-4-5-6-7-8-9-14-16(3)10-11-17(14)12-13(2)15(18)19/h10-11,13H,4-9,12H2,1-3H3. The van der Waals surface area contributed by atoms with E-state index in [0.29, 0.717) is 6.54 Å². The second-order valence-corrected chi connectivity index (χ2v) is 5.36. The molecule has 0 saturated heterocycles. The Morgan fingerprint density at radius 1 is 1.37 bits per heavy atom. The highest BCUT2D eigenvalue weighted by atomic mass is 16.4. The van der Waals surface area contributed by atoms with Crippen LogP contribution in [-0.2, 0) is 24.8 Å². The zero-order chi connectivity index (χ0) is 14.3. The van der Waals surface area contributed by atoms with E-state index in [-0.39, 0.29) is 0 Å². The fourth-order valence-electron chi connectivity index (χ4n) is 2.30. The van der Waals surface area contributed by atoms with Gasteiger partial charge in [-0.1, -0.05) is 39.5 Å². The van der Waals surface area contributed by atoms with E-state index in [1.165, 1.54) is 31.5 Å². The Labute approximate surface area is 116 Å². The minimum atomic E-state index is -0.981. The van der Waals surface area contributed by atoms with Crippen LogP contribution in [0.25, 0.3) is 0 Å². The predicted molar refractivity (Wildman–Crippen MR) is 72.2 cm³/mol. The van der Waals surface area contributed by atoms with Gasteiger partial charge in [-0.05, 0) is 6.42 Å². The number of rotatable bonds is 9. The Bertz CT molecular complexity index is 399. The quantitative estimate of drug-likeness (QED) is 0.498.